The summed E-state index contributed by atoms with van der Waals surface area (Å²) < 4.78 is 0. The first-order valence-electron chi connectivity index (χ1n) is 6.50. The van der Waals surface area contributed by atoms with Gasteiger partial charge in [-0.05, 0) is 36.2 Å². The second-order valence-electron chi connectivity index (χ2n) is 4.86. The number of anilines is 2. The maximum absolute atomic E-state index is 11.9. The Bertz CT molecular complexity index is 875. The van der Waals surface area contributed by atoms with E-state index in [0.717, 1.165) is 11.3 Å². The van der Waals surface area contributed by atoms with Crippen molar-refractivity contribution in [3.63, 3.8) is 0 Å². The molecule has 0 unspecified atom stereocenters. The fraction of sp³-hybridized carbons (Fsp3) is 0.0588. The SMILES string of the molecule is Cc1ccccc1Nc1c(-c2ccc(Cl)cc2)c(=O)c1=O. The number of hydrogen-bond acceptors (Lipinski definition) is 3. The lowest BCUT2D eigenvalue weighted by Crippen LogP contribution is -2.35. The molecular weight excluding hydrogens is 286 g/mol. The molecule has 0 aliphatic heterocycles. The summed E-state index contributed by atoms with van der Waals surface area (Å²) in [7, 11) is 0. The minimum atomic E-state index is -0.483. The van der Waals surface area contributed by atoms with Crippen molar-refractivity contribution in [1.29, 1.82) is 0 Å². The minimum absolute atomic E-state index is 0.344. The van der Waals surface area contributed by atoms with Crippen LogP contribution in [0.15, 0.2) is 58.1 Å². The van der Waals surface area contributed by atoms with E-state index in [9.17, 15) is 9.59 Å². The van der Waals surface area contributed by atoms with Gasteiger partial charge in [-0.25, -0.2) is 0 Å². The Morgan fingerprint density at radius 3 is 2.24 bits per heavy atom. The third-order valence-electron chi connectivity index (χ3n) is 3.45. The molecule has 0 radical (unpaired) electrons. The molecule has 0 amide bonds. The first kappa shape index (κ1) is 13.6. The highest BCUT2D eigenvalue weighted by atomic mass is 35.5. The Morgan fingerprint density at radius 1 is 0.905 bits per heavy atom. The Labute approximate surface area is 126 Å². The Balaban J connectivity index is 2.04. The fourth-order valence-electron chi connectivity index (χ4n) is 2.25. The van der Waals surface area contributed by atoms with Crippen molar-refractivity contribution in [1.82, 2.24) is 0 Å². The van der Waals surface area contributed by atoms with Gasteiger partial charge in [0.05, 0.1) is 5.56 Å². The van der Waals surface area contributed by atoms with E-state index in [0.29, 0.717) is 21.8 Å². The Kier molecular flexibility index (Phi) is 3.35. The van der Waals surface area contributed by atoms with Crippen molar-refractivity contribution in [2.75, 3.05) is 5.32 Å². The molecular formula is C17H12ClNO2. The van der Waals surface area contributed by atoms with E-state index in [4.69, 9.17) is 11.6 Å². The highest BCUT2D eigenvalue weighted by Crippen LogP contribution is 2.28. The maximum Gasteiger partial charge on any atom is 0.250 e. The number of benzene rings is 2. The number of para-hydroxylation sites is 1. The van der Waals surface area contributed by atoms with Gasteiger partial charge in [0.25, 0.3) is 5.43 Å². The molecule has 3 rings (SSSR count). The molecule has 0 bridgehead atoms. The van der Waals surface area contributed by atoms with E-state index in [1.165, 1.54) is 0 Å². The molecule has 104 valence electrons. The zero-order valence-electron chi connectivity index (χ0n) is 11.3. The van der Waals surface area contributed by atoms with Crippen LogP contribution in [0.3, 0.4) is 0 Å². The smallest absolute Gasteiger partial charge is 0.250 e. The average Bonchev–Trinajstić information content (AvgIpc) is 2.50. The lowest BCUT2D eigenvalue weighted by Gasteiger charge is -2.15. The summed E-state index contributed by atoms with van der Waals surface area (Å²) in [6.07, 6.45) is 0. The molecule has 0 aliphatic carbocycles. The summed E-state index contributed by atoms with van der Waals surface area (Å²) in [5, 5.41) is 3.66. The maximum atomic E-state index is 11.9. The molecule has 3 nitrogen and oxygen atoms in total. The summed E-state index contributed by atoms with van der Waals surface area (Å²) in [6.45, 7) is 1.94. The summed E-state index contributed by atoms with van der Waals surface area (Å²) >= 11 is 5.85. The van der Waals surface area contributed by atoms with Crippen LogP contribution in [0.1, 0.15) is 5.56 Å². The van der Waals surface area contributed by atoms with Crippen molar-refractivity contribution < 1.29 is 0 Å². The highest BCUT2D eigenvalue weighted by Gasteiger charge is 2.22. The van der Waals surface area contributed by atoms with Crippen LogP contribution in [0.5, 0.6) is 0 Å². The van der Waals surface area contributed by atoms with E-state index in [1.54, 1.807) is 24.3 Å². The molecule has 3 aromatic rings. The number of rotatable bonds is 3. The summed E-state index contributed by atoms with van der Waals surface area (Å²) in [6, 6.07) is 14.5. The van der Waals surface area contributed by atoms with Crippen LogP contribution in [0, 0.1) is 6.92 Å². The van der Waals surface area contributed by atoms with E-state index < -0.39 is 10.9 Å². The Hall–Kier alpha value is -2.39. The molecule has 0 saturated carbocycles. The van der Waals surface area contributed by atoms with Gasteiger partial charge in [-0.3, -0.25) is 9.59 Å². The van der Waals surface area contributed by atoms with Crippen molar-refractivity contribution in [2.24, 2.45) is 0 Å². The van der Waals surface area contributed by atoms with Crippen LogP contribution >= 0.6 is 11.6 Å². The molecule has 4 heteroatoms. The largest absolute Gasteiger partial charge is 0.351 e. The number of nitrogens with one attached hydrogen (secondary N) is 1. The summed E-state index contributed by atoms with van der Waals surface area (Å²) in [5.74, 6) is 0. The topological polar surface area (TPSA) is 46.2 Å². The van der Waals surface area contributed by atoms with Crippen molar-refractivity contribution in [2.45, 2.75) is 6.92 Å². The molecule has 1 N–H and O–H groups in total. The highest BCUT2D eigenvalue weighted by molar-refractivity contribution is 6.30. The van der Waals surface area contributed by atoms with Gasteiger partial charge in [0.15, 0.2) is 0 Å². The van der Waals surface area contributed by atoms with E-state index in [2.05, 4.69) is 5.32 Å². The van der Waals surface area contributed by atoms with E-state index in [1.807, 2.05) is 31.2 Å². The van der Waals surface area contributed by atoms with Crippen LogP contribution in [0.2, 0.25) is 5.02 Å². The summed E-state index contributed by atoms with van der Waals surface area (Å²) in [4.78, 5) is 23.7. The van der Waals surface area contributed by atoms with Gasteiger partial charge >= 0.3 is 0 Å². The monoisotopic (exact) mass is 297 g/mol. The van der Waals surface area contributed by atoms with E-state index >= 15 is 0 Å². The summed E-state index contributed by atoms with van der Waals surface area (Å²) in [5.41, 5.74) is 2.33. The van der Waals surface area contributed by atoms with Gasteiger partial charge in [0, 0.05) is 10.7 Å². The first-order chi connectivity index (χ1) is 10.1. The van der Waals surface area contributed by atoms with E-state index in [-0.39, 0.29) is 0 Å². The molecule has 0 heterocycles. The predicted molar refractivity (Wildman–Crippen MR) is 86.3 cm³/mol. The molecule has 0 aromatic heterocycles. The van der Waals surface area contributed by atoms with Crippen molar-refractivity contribution in [3.05, 3.63) is 79.6 Å². The quantitative estimate of drug-likeness (QED) is 0.751. The number of halogens is 1. The van der Waals surface area contributed by atoms with Crippen LogP contribution in [-0.2, 0) is 0 Å². The zero-order valence-corrected chi connectivity index (χ0v) is 12.1. The lowest BCUT2D eigenvalue weighted by atomic mass is 9.98. The average molecular weight is 298 g/mol. The second kappa shape index (κ2) is 5.19. The number of hydrogen-bond donors (Lipinski definition) is 1. The van der Waals surface area contributed by atoms with Crippen LogP contribution in [0.25, 0.3) is 11.1 Å². The van der Waals surface area contributed by atoms with Crippen LogP contribution < -0.4 is 16.2 Å². The number of aryl methyl sites for hydroxylation is 1. The second-order valence-corrected chi connectivity index (χ2v) is 5.29. The molecule has 3 aromatic carbocycles. The molecule has 0 aliphatic rings. The molecule has 0 fully saturated rings. The van der Waals surface area contributed by atoms with Gasteiger partial charge < -0.3 is 5.32 Å². The molecule has 0 saturated heterocycles. The van der Waals surface area contributed by atoms with Gasteiger partial charge in [-0.1, -0.05) is 41.9 Å². The Morgan fingerprint density at radius 2 is 1.57 bits per heavy atom. The predicted octanol–water partition coefficient (Wildman–Crippen LogP) is 3.66. The fourth-order valence-corrected chi connectivity index (χ4v) is 2.38. The normalized spacial score (nSPS) is 10.8. The van der Waals surface area contributed by atoms with Crippen molar-refractivity contribution >= 4 is 23.0 Å². The van der Waals surface area contributed by atoms with Gasteiger partial charge in [-0.15, -0.1) is 0 Å². The van der Waals surface area contributed by atoms with Crippen molar-refractivity contribution in [3.8, 4) is 11.1 Å². The standard InChI is InChI=1S/C17H12ClNO2/c1-10-4-2-3-5-13(10)19-15-14(16(20)17(15)21)11-6-8-12(18)9-7-11/h2-9,19H,1H3. The molecule has 21 heavy (non-hydrogen) atoms. The molecule has 0 spiro atoms. The first-order valence-corrected chi connectivity index (χ1v) is 6.87. The van der Waals surface area contributed by atoms with Crippen LogP contribution in [0.4, 0.5) is 11.4 Å². The van der Waals surface area contributed by atoms with Gasteiger partial charge in [-0.2, -0.15) is 0 Å². The lowest BCUT2D eigenvalue weighted by molar-refractivity contribution is 1.35. The zero-order chi connectivity index (χ0) is 15.0. The van der Waals surface area contributed by atoms with Gasteiger partial charge in [0.1, 0.15) is 5.69 Å². The third kappa shape index (κ3) is 2.36. The van der Waals surface area contributed by atoms with Gasteiger partial charge in [0.2, 0.25) is 5.43 Å². The van der Waals surface area contributed by atoms with Crippen LogP contribution in [-0.4, -0.2) is 0 Å². The minimum Gasteiger partial charge on any atom is -0.351 e. The molecule has 0 atom stereocenters. The third-order valence-corrected chi connectivity index (χ3v) is 3.70.